The van der Waals surface area contributed by atoms with Crippen molar-refractivity contribution in [2.45, 2.75) is 79.2 Å². The Kier molecular flexibility index (Phi) is 23.5. The minimum atomic E-state index is -0.472. The molecule has 3 heterocycles. The Bertz CT molecular complexity index is 3150. The number of benzene rings is 6. The summed E-state index contributed by atoms with van der Waals surface area (Å²) in [5.74, 6) is -0.714. The normalized spacial score (nSPS) is 14.0. The summed E-state index contributed by atoms with van der Waals surface area (Å²) in [4.78, 5) is 39.0. The van der Waals surface area contributed by atoms with E-state index in [9.17, 15) is 27.6 Å². The zero-order chi connectivity index (χ0) is 58.4. The van der Waals surface area contributed by atoms with E-state index >= 15 is 0 Å². The standard InChI is InChI=1S/C23H27FN2O2.2C22H25FN2O2/c1-3-26(23(27)28-4-2)21-10-8-17(9-11-21)22(18-12-14-25-15-13-18)19-6-5-7-20(24)16-19;1-15(2)27-22(26)25-20-8-6-16(7-9-20)21(17-10-12-24-13-11-17)18-4-3-5-19(23)14-18;1-3-25(22(26)27-2)20-9-7-16(8-10-20)21(17-11-13-24-14-12-17)18-5-4-6-19(23)15-18/h5-11,16,25H,3-4,12-15H2,1-2H3;3-9,14-15,24H,10-13H2,1-2H3,(H,25,26);4-10,15,24H,3,11-14H2,1-2H3. The summed E-state index contributed by atoms with van der Waals surface area (Å²) in [5.41, 5.74) is 15.2. The Labute approximate surface area is 481 Å². The third-order valence-corrected chi connectivity index (χ3v) is 14.2. The molecule has 0 bridgehead atoms. The number of halogens is 3. The van der Waals surface area contributed by atoms with Crippen LogP contribution in [0.2, 0.25) is 0 Å². The van der Waals surface area contributed by atoms with Crippen LogP contribution in [0, 0.1) is 17.5 Å². The molecular formula is C67H77F3N6O6. The molecule has 0 unspecified atom stereocenters. The molecule has 0 spiro atoms. The van der Waals surface area contributed by atoms with Crippen molar-refractivity contribution in [2.24, 2.45) is 0 Å². The van der Waals surface area contributed by atoms with Crippen molar-refractivity contribution in [1.82, 2.24) is 16.0 Å². The first-order chi connectivity index (χ1) is 39.8. The Morgan fingerprint density at radius 3 is 1.13 bits per heavy atom. The van der Waals surface area contributed by atoms with E-state index in [2.05, 4.69) is 21.3 Å². The van der Waals surface area contributed by atoms with Gasteiger partial charge >= 0.3 is 18.3 Å². The van der Waals surface area contributed by atoms with Crippen molar-refractivity contribution in [3.63, 3.8) is 0 Å². The van der Waals surface area contributed by atoms with Gasteiger partial charge in [0.1, 0.15) is 17.5 Å². The highest BCUT2D eigenvalue weighted by molar-refractivity contribution is 5.91. The van der Waals surface area contributed by atoms with Gasteiger partial charge in [0.05, 0.1) is 19.8 Å². The lowest BCUT2D eigenvalue weighted by molar-refractivity contribution is 0.130. The zero-order valence-corrected chi connectivity index (χ0v) is 48.0. The largest absolute Gasteiger partial charge is 0.452 e. The Balaban J connectivity index is 0.000000177. The lowest BCUT2D eigenvalue weighted by Crippen LogP contribution is -2.31. The van der Waals surface area contributed by atoms with Crippen LogP contribution in [0.3, 0.4) is 0 Å². The molecule has 0 atom stereocenters. The number of methoxy groups -OCH3 is 1. The second kappa shape index (κ2) is 31.3. The fraction of sp³-hybridized carbons (Fsp3) is 0.328. The Hall–Kier alpha value is -7.98. The third kappa shape index (κ3) is 17.3. The Morgan fingerprint density at radius 2 is 0.829 bits per heavy atom. The highest BCUT2D eigenvalue weighted by atomic mass is 19.1. The number of nitrogens with one attached hydrogen (secondary N) is 4. The SMILES string of the molecule is CC(C)OC(=O)Nc1ccc(C(=C2CCNCC2)c2cccc(F)c2)cc1.CCN(C(=O)OC)c1ccc(C(=C2CCNCC2)c2cccc(F)c2)cc1.CCOC(=O)N(CC)c1ccc(C(=C2CCNCC2)c2cccc(F)c2)cc1. The summed E-state index contributed by atoms with van der Waals surface area (Å²) in [7, 11) is 1.38. The van der Waals surface area contributed by atoms with Crippen LogP contribution in [0.4, 0.5) is 44.6 Å². The fourth-order valence-electron chi connectivity index (χ4n) is 10.4. The van der Waals surface area contributed by atoms with Crippen molar-refractivity contribution in [3.8, 4) is 0 Å². The number of nitrogens with zero attached hydrogens (tertiary/aromatic N) is 2. The number of anilines is 3. The van der Waals surface area contributed by atoms with Gasteiger partial charge in [-0.25, -0.2) is 27.6 Å². The number of hydrogen-bond donors (Lipinski definition) is 4. The maximum atomic E-state index is 13.9. The molecule has 4 N–H and O–H groups in total. The predicted octanol–water partition coefficient (Wildman–Crippen LogP) is 14.6. The molecule has 15 heteroatoms. The predicted molar refractivity (Wildman–Crippen MR) is 324 cm³/mol. The van der Waals surface area contributed by atoms with Crippen molar-refractivity contribution in [3.05, 3.63) is 213 Å². The summed E-state index contributed by atoms with van der Waals surface area (Å²) >= 11 is 0. The first-order valence-corrected chi connectivity index (χ1v) is 28.4. The number of ether oxygens (including phenoxy) is 3. The quantitative estimate of drug-likeness (QED) is 0.0834. The van der Waals surface area contributed by atoms with Gasteiger partial charge in [-0.1, -0.05) is 89.5 Å². The van der Waals surface area contributed by atoms with E-state index in [0.717, 1.165) is 139 Å². The average Bonchev–Trinajstić information content (AvgIpc) is 3.67. The van der Waals surface area contributed by atoms with Gasteiger partial charge in [-0.2, -0.15) is 0 Å². The second-order valence-corrected chi connectivity index (χ2v) is 20.1. The minimum absolute atomic E-state index is 0.173. The summed E-state index contributed by atoms with van der Waals surface area (Å²) < 4.78 is 56.7. The molecular weight excluding hydrogens is 1040 g/mol. The molecule has 3 fully saturated rings. The monoisotopic (exact) mass is 1120 g/mol. The van der Waals surface area contributed by atoms with Gasteiger partial charge < -0.3 is 30.2 Å². The minimum Gasteiger partial charge on any atom is -0.452 e. The molecule has 3 saturated heterocycles. The lowest BCUT2D eigenvalue weighted by Gasteiger charge is -2.23. The molecule has 3 amide bonds. The van der Waals surface area contributed by atoms with E-state index in [1.807, 2.05) is 105 Å². The van der Waals surface area contributed by atoms with Crippen molar-refractivity contribution in [1.29, 1.82) is 0 Å². The second-order valence-electron chi connectivity index (χ2n) is 20.1. The number of carbonyl (C=O) groups is 3. The number of hydrogen-bond acceptors (Lipinski definition) is 9. The fourth-order valence-corrected chi connectivity index (χ4v) is 10.4. The van der Waals surface area contributed by atoms with E-state index in [1.54, 1.807) is 67.0 Å². The van der Waals surface area contributed by atoms with Crippen LogP contribution in [0.15, 0.2) is 162 Å². The van der Waals surface area contributed by atoms with Crippen LogP contribution >= 0.6 is 0 Å². The van der Waals surface area contributed by atoms with Crippen molar-refractivity contribution in [2.75, 3.05) is 81.2 Å². The smallest absolute Gasteiger partial charge is 0.414 e. The zero-order valence-electron chi connectivity index (χ0n) is 48.0. The number of carbonyl (C=O) groups excluding carboxylic acids is 3. The highest BCUT2D eigenvalue weighted by Gasteiger charge is 2.21. The van der Waals surface area contributed by atoms with Gasteiger partial charge in [-0.15, -0.1) is 0 Å². The number of piperidine rings is 3. The van der Waals surface area contributed by atoms with E-state index in [0.29, 0.717) is 25.4 Å². The molecule has 6 aromatic rings. The van der Waals surface area contributed by atoms with E-state index in [4.69, 9.17) is 14.2 Å². The van der Waals surface area contributed by atoms with Gasteiger partial charge in [-0.05, 0) is 235 Å². The van der Waals surface area contributed by atoms with E-state index in [-0.39, 0.29) is 35.7 Å². The lowest BCUT2D eigenvalue weighted by atomic mass is 9.88. The molecule has 0 aliphatic carbocycles. The average molecular weight is 1120 g/mol. The molecule has 432 valence electrons. The summed E-state index contributed by atoms with van der Waals surface area (Å²) in [6, 6.07) is 43.5. The van der Waals surface area contributed by atoms with Gasteiger partial charge in [-0.3, -0.25) is 15.1 Å². The molecule has 0 aromatic heterocycles. The van der Waals surface area contributed by atoms with Crippen LogP contribution in [-0.2, 0) is 14.2 Å². The molecule has 3 aliphatic heterocycles. The summed E-state index contributed by atoms with van der Waals surface area (Å²) in [5, 5.41) is 12.8. The van der Waals surface area contributed by atoms with Gasteiger partial charge in [0, 0.05) is 30.2 Å². The van der Waals surface area contributed by atoms with E-state index < -0.39 is 6.09 Å². The molecule has 0 radical (unpaired) electrons. The van der Waals surface area contributed by atoms with Crippen molar-refractivity contribution < 1.29 is 41.8 Å². The molecule has 3 aliphatic rings. The van der Waals surface area contributed by atoms with Crippen LogP contribution < -0.4 is 31.1 Å². The van der Waals surface area contributed by atoms with Crippen LogP contribution in [-0.4, -0.2) is 90.5 Å². The molecule has 9 rings (SSSR count). The van der Waals surface area contributed by atoms with Crippen LogP contribution in [0.1, 0.15) is 107 Å². The maximum Gasteiger partial charge on any atom is 0.414 e. The molecule has 0 saturated carbocycles. The molecule has 6 aromatic carbocycles. The third-order valence-electron chi connectivity index (χ3n) is 14.2. The van der Waals surface area contributed by atoms with Gasteiger partial charge in [0.15, 0.2) is 0 Å². The summed E-state index contributed by atoms with van der Waals surface area (Å²) in [6.45, 7) is 16.2. The van der Waals surface area contributed by atoms with Crippen LogP contribution in [0.5, 0.6) is 0 Å². The number of amides is 3. The maximum absolute atomic E-state index is 13.9. The van der Waals surface area contributed by atoms with Crippen LogP contribution in [0.25, 0.3) is 16.7 Å². The first-order valence-electron chi connectivity index (χ1n) is 28.4. The van der Waals surface area contributed by atoms with Gasteiger partial charge in [0.25, 0.3) is 0 Å². The highest BCUT2D eigenvalue weighted by Crippen LogP contribution is 2.36. The number of rotatable bonds is 13. The first kappa shape index (κ1) is 61.6. The molecule has 82 heavy (non-hydrogen) atoms. The van der Waals surface area contributed by atoms with Gasteiger partial charge in [0.2, 0.25) is 0 Å². The Morgan fingerprint density at radius 1 is 0.488 bits per heavy atom. The van der Waals surface area contributed by atoms with Crippen molar-refractivity contribution >= 4 is 52.1 Å². The summed E-state index contributed by atoms with van der Waals surface area (Å²) in [6.07, 6.45) is 4.27. The topological polar surface area (TPSA) is 134 Å². The molecule has 12 nitrogen and oxygen atoms in total. The van der Waals surface area contributed by atoms with E-state index in [1.165, 1.54) is 42.0 Å².